The highest BCUT2D eigenvalue weighted by molar-refractivity contribution is 6.04. The van der Waals surface area contributed by atoms with E-state index in [4.69, 9.17) is 9.47 Å². The zero-order valence-corrected chi connectivity index (χ0v) is 16.8. The number of para-hydroxylation sites is 1. The normalized spacial score (nSPS) is 15.0. The van der Waals surface area contributed by atoms with Gasteiger partial charge in [-0.2, -0.15) is 0 Å². The number of hydrogen-bond acceptors (Lipinski definition) is 4. The maximum absolute atomic E-state index is 12.7. The number of hydrogen-bond donors (Lipinski definition) is 1. The molecule has 29 heavy (non-hydrogen) atoms. The van der Waals surface area contributed by atoms with Crippen molar-refractivity contribution in [3.63, 3.8) is 0 Å². The van der Waals surface area contributed by atoms with Gasteiger partial charge in [0.15, 0.2) is 0 Å². The first kappa shape index (κ1) is 18.9. The molecule has 0 aliphatic carbocycles. The fourth-order valence-electron chi connectivity index (χ4n) is 3.81. The van der Waals surface area contributed by atoms with Crippen LogP contribution < -0.4 is 19.7 Å². The molecule has 0 saturated heterocycles. The van der Waals surface area contributed by atoms with Crippen molar-refractivity contribution in [3.05, 3.63) is 77.9 Å². The van der Waals surface area contributed by atoms with Crippen LogP contribution in [0.15, 0.2) is 66.7 Å². The largest absolute Gasteiger partial charge is 0.497 e. The molecule has 1 aliphatic heterocycles. The molecule has 5 nitrogen and oxygen atoms in total. The monoisotopic (exact) mass is 388 g/mol. The smallest absolute Gasteiger partial charge is 0.255 e. The molecule has 1 amide bonds. The van der Waals surface area contributed by atoms with Crippen molar-refractivity contribution in [1.82, 2.24) is 0 Å². The van der Waals surface area contributed by atoms with Crippen LogP contribution >= 0.6 is 0 Å². The van der Waals surface area contributed by atoms with Gasteiger partial charge in [-0.1, -0.05) is 18.2 Å². The van der Waals surface area contributed by atoms with E-state index in [-0.39, 0.29) is 5.91 Å². The van der Waals surface area contributed by atoms with Gasteiger partial charge in [0.1, 0.15) is 11.5 Å². The molecule has 1 heterocycles. The number of benzene rings is 3. The Morgan fingerprint density at radius 2 is 1.62 bits per heavy atom. The fourth-order valence-corrected chi connectivity index (χ4v) is 3.81. The molecule has 3 aromatic rings. The van der Waals surface area contributed by atoms with Crippen LogP contribution in [0.4, 0.5) is 17.1 Å². The summed E-state index contributed by atoms with van der Waals surface area (Å²) >= 11 is 0. The topological polar surface area (TPSA) is 50.8 Å². The minimum atomic E-state index is -0.213. The summed E-state index contributed by atoms with van der Waals surface area (Å²) in [5.41, 5.74) is 4.95. The van der Waals surface area contributed by atoms with Gasteiger partial charge in [-0.15, -0.1) is 0 Å². The molecule has 1 N–H and O–H groups in total. The minimum Gasteiger partial charge on any atom is -0.497 e. The molecule has 148 valence electrons. The van der Waals surface area contributed by atoms with E-state index in [0.717, 1.165) is 17.8 Å². The first-order valence-corrected chi connectivity index (χ1v) is 9.60. The molecule has 0 fully saturated rings. The first-order valence-electron chi connectivity index (χ1n) is 9.60. The summed E-state index contributed by atoms with van der Waals surface area (Å²) in [7, 11) is 3.12. The zero-order chi connectivity index (χ0) is 20.4. The Hall–Kier alpha value is -3.47. The predicted octanol–water partition coefficient (Wildman–Crippen LogP) is 5.04. The van der Waals surface area contributed by atoms with Crippen molar-refractivity contribution in [2.45, 2.75) is 19.4 Å². The van der Waals surface area contributed by atoms with Crippen LogP contribution in [0.25, 0.3) is 0 Å². The summed E-state index contributed by atoms with van der Waals surface area (Å²) in [6.45, 7) is 2.23. The van der Waals surface area contributed by atoms with Gasteiger partial charge in [0, 0.05) is 34.7 Å². The van der Waals surface area contributed by atoms with Gasteiger partial charge < -0.3 is 19.7 Å². The lowest BCUT2D eigenvalue weighted by atomic mass is 10.1. The Bertz CT molecular complexity index is 1010. The van der Waals surface area contributed by atoms with E-state index in [1.54, 1.807) is 32.4 Å². The number of nitrogens with zero attached hydrogens (tertiary/aromatic N) is 1. The molecule has 1 aliphatic rings. The average molecular weight is 388 g/mol. The van der Waals surface area contributed by atoms with E-state index < -0.39 is 0 Å². The number of methoxy groups -OCH3 is 2. The molecule has 3 aromatic carbocycles. The van der Waals surface area contributed by atoms with Crippen molar-refractivity contribution in [2.24, 2.45) is 0 Å². The maximum Gasteiger partial charge on any atom is 0.255 e. The number of ether oxygens (including phenoxy) is 2. The summed E-state index contributed by atoms with van der Waals surface area (Å²) in [5, 5.41) is 2.94. The molecule has 0 radical (unpaired) electrons. The molecule has 0 aromatic heterocycles. The average Bonchev–Trinajstić information content (AvgIpc) is 3.09. The van der Waals surface area contributed by atoms with Crippen LogP contribution in [0.2, 0.25) is 0 Å². The SMILES string of the molecule is COc1cc(OC)cc(C(=O)Nc2ccc(N3c4ccccc4CC3C)cc2)c1. The quantitative estimate of drug-likeness (QED) is 0.665. The maximum atomic E-state index is 12.7. The van der Waals surface area contributed by atoms with Crippen molar-refractivity contribution in [3.8, 4) is 11.5 Å². The van der Waals surface area contributed by atoms with Gasteiger partial charge >= 0.3 is 0 Å². The van der Waals surface area contributed by atoms with Gasteiger partial charge in [-0.05, 0) is 61.4 Å². The number of anilines is 3. The zero-order valence-electron chi connectivity index (χ0n) is 16.8. The van der Waals surface area contributed by atoms with E-state index >= 15 is 0 Å². The van der Waals surface area contributed by atoms with Crippen LogP contribution in [0, 0.1) is 0 Å². The summed E-state index contributed by atoms with van der Waals surface area (Å²) in [4.78, 5) is 15.0. The molecular weight excluding hydrogens is 364 g/mol. The van der Waals surface area contributed by atoms with Gasteiger partial charge in [-0.3, -0.25) is 4.79 Å². The van der Waals surface area contributed by atoms with Gasteiger partial charge in [0.25, 0.3) is 5.91 Å². The number of nitrogens with one attached hydrogen (secondary N) is 1. The van der Waals surface area contributed by atoms with E-state index in [9.17, 15) is 4.79 Å². The Kier molecular flexibility index (Phi) is 5.12. The Balaban J connectivity index is 1.53. The second kappa shape index (κ2) is 7.87. The first-order chi connectivity index (χ1) is 14.1. The van der Waals surface area contributed by atoms with Crippen LogP contribution in [-0.2, 0) is 6.42 Å². The Labute approximate surface area is 170 Å². The van der Waals surface area contributed by atoms with Crippen molar-refractivity contribution in [2.75, 3.05) is 24.4 Å². The highest BCUT2D eigenvalue weighted by Crippen LogP contribution is 2.38. The summed E-state index contributed by atoms with van der Waals surface area (Å²) in [6.07, 6.45) is 1.03. The molecule has 4 rings (SSSR count). The van der Waals surface area contributed by atoms with Crippen LogP contribution in [0.5, 0.6) is 11.5 Å². The molecule has 0 bridgehead atoms. The molecular formula is C24H24N2O3. The summed E-state index contributed by atoms with van der Waals surface area (Å²) in [5.74, 6) is 0.938. The van der Waals surface area contributed by atoms with Crippen LogP contribution in [0.3, 0.4) is 0 Å². The standard InChI is InChI=1S/C24H24N2O3/c1-16-12-17-6-4-5-7-23(17)26(16)20-10-8-19(9-11-20)25-24(27)18-13-21(28-2)15-22(14-18)29-3/h4-11,13-16H,12H2,1-3H3,(H,25,27). The third-order valence-electron chi connectivity index (χ3n) is 5.22. The van der Waals surface area contributed by atoms with E-state index in [2.05, 4.69) is 41.4 Å². The lowest BCUT2D eigenvalue weighted by Gasteiger charge is -2.25. The fraction of sp³-hybridized carbons (Fsp3) is 0.208. The van der Waals surface area contributed by atoms with E-state index in [1.807, 2.05) is 24.3 Å². The summed E-state index contributed by atoms with van der Waals surface area (Å²) in [6, 6.07) is 22.0. The molecule has 0 saturated carbocycles. The van der Waals surface area contributed by atoms with Gasteiger partial charge in [0.2, 0.25) is 0 Å². The molecule has 5 heteroatoms. The molecule has 1 atom stereocenters. The molecule has 0 spiro atoms. The van der Waals surface area contributed by atoms with E-state index in [0.29, 0.717) is 23.1 Å². The predicted molar refractivity (Wildman–Crippen MR) is 116 cm³/mol. The number of fused-ring (bicyclic) bond motifs is 1. The Morgan fingerprint density at radius 3 is 2.28 bits per heavy atom. The van der Waals surface area contributed by atoms with Crippen LogP contribution in [-0.4, -0.2) is 26.2 Å². The molecule has 1 unspecified atom stereocenters. The van der Waals surface area contributed by atoms with Gasteiger partial charge in [-0.25, -0.2) is 0 Å². The lowest BCUT2D eigenvalue weighted by molar-refractivity contribution is 0.102. The second-order valence-corrected chi connectivity index (χ2v) is 7.15. The summed E-state index contributed by atoms with van der Waals surface area (Å²) < 4.78 is 10.5. The van der Waals surface area contributed by atoms with Crippen molar-refractivity contribution >= 4 is 23.0 Å². The third kappa shape index (κ3) is 3.76. The highest BCUT2D eigenvalue weighted by Gasteiger charge is 2.26. The van der Waals surface area contributed by atoms with Crippen molar-refractivity contribution in [1.29, 1.82) is 0 Å². The lowest BCUT2D eigenvalue weighted by Crippen LogP contribution is -2.23. The van der Waals surface area contributed by atoms with Crippen molar-refractivity contribution < 1.29 is 14.3 Å². The minimum absolute atomic E-state index is 0.213. The number of rotatable bonds is 5. The Morgan fingerprint density at radius 1 is 0.966 bits per heavy atom. The highest BCUT2D eigenvalue weighted by atomic mass is 16.5. The number of amides is 1. The third-order valence-corrected chi connectivity index (χ3v) is 5.22. The van der Waals surface area contributed by atoms with E-state index in [1.165, 1.54) is 11.3 Å². The number of carbonyl (C=O) groups is 1. The van der Waals surface area contributed by atoms with Gasteiger partial charge in [0.05, 0.1) is 14.2 Å². The second-order valence-electron chi connectivity index (χ2n) is 7.15. The van der Waals surface area contributed by atoms with Crippen LogP contribution in [0.1, 0.15) is 22.8 Å². The number of carbonyl (C=O) groups excluding carboxylic acids is 1.